The molecule has 14 heavy (non-hydrogen) atoms. The van der Waals surface area contributed by atoms with Crippen LogP contribution in [0.15, 0.2) is 0 Å². The van der Waals surface area contributed by atoms with E-state index in [1.165, 1.54) is 0 Å². The molecule has 0 saturated carbocycles. The van der Waals surface area contributed by atoms with Crippen molar-refractivity contribution in [1.82, 2.24) is 0 Å². The van der Waals surface area contributed by atoms with Crippen molar-refractivity contribution < 1.29 is 49.0 Å². The third-order valence-corrected chi connectivity index (χ3v) is 2.47. The summed E-state index contributed by atoms with van der Waals surface area (Å²) < 4.78 is 20.1. The first-order valence-electron chi connectivity index (χ1n) is 3.97. The molecule has 0 aromatic rings. The van der Waals surface area contributed by atoms with Gasteiger partial charge in [0.15, 0.2) is 0 Å². The summed E-state index contributed by atoms with van der Waals surface area (Å²) >= 11 is -3.39. The van der Waals surface area contributed by atoms with Gasteiger partial charge in [0.05, 0.1) is 0 Å². The summed E-state index contributed by atoms with van der Waals surface area (Å²) in [6, 6.07) is 0. The van der Waals surface area contributed by atoms with Gasteiger partial charge in [-0.05, 0) is 0 Å². The SMILES string of the molecule is [O]=[Ti]([O]CC(O)CO)[O]CC(O)CO. The van der Waals surface area contributed by atoms with Gasteiger partial charge in [0.25, 0.3) is 0 Å². The standard InChI is InChI=1S/2C3H7O3.O.Ti/c2*4-1-3(6)2-5;;/h2*3-4,6H,1-2H2;;/q2*-1;;+2. The van der Waals surface area contributed by atoms with E-state index in [9.17, 15) is 3.32 Å². The van der Waals surface area contributed by atoms with Gasteiger partial charge < -0.3 is 0 Å². The van der Waals surface area contributed by atoms with Crippen LogP contribution in [0, 0.1) is 0 Å². The van der Waals surface area contributed by atoms with E-state index in [0.29, 0.717) is 0 Å². The fraction of sp³-hybridized carbons (Fsp3) is 1.00. The molecule has 8 heteroatoms. The quantitative estimate of drug-likeness (QED) is 0.350. The van der Waals surface area contributed by atoms with E-state index in [2.05, 4.69) is 6.64 Å². The molecule has 0 fully saturated rings. The third-order valence-electron chi connectivity index (χ3n) is 1.21. The normalized spacial score (nSPS) is 15.1. The van der Waals surface area contributed by atoms with E-state index in [0.717, 1.165) is 0 Å². The van der Waals surface area contributed by atoms with Crippen molar-refractivity contribution in [1.29, 1.82) is 0 Å². The summed E-state index contributed by atoms with van der Waals surface area (Å²) in [6.45, 7) is -1.51. The molecule has 7 nitrogen and oxygen atoms in total. The molecule has 0 radical (unpaired) electrons. The van der Waals surface area contributed by atoms with Crippen LogP contribution < -0.4 is 0 Å². The van der Waals surface area contributed by atoms with Crippen LogP contribution in [0.25, 0.3) is 0 Å². The summed E-state index contributed by atoms with van der Waals surface area (Å²) in [5, 5.41) is 34.3. The molecule has 0 aliphatic carbocycles. The van der Waals surface area contributed by atoms with E-state index in [-0.39, 0.29) is 13.2 Å². The van der Waals surface area contributed by atoms with E-state index in [1.54, 1.807) is 0 Å². The zero-order valence-electron chi connectivity index (χ0n) is 7.50. The van der Waals surface area contributed by atoms with Crippen LogP contribution in [0.5, 0.6) is 0 Å². The molecule has 0 bridgehead atoms. The molecule has 0 aromatic heterocycles. The van der Waals surface area contributed by atoms with E-state index in [4.69, 9.17) is 20.4 Å². The Kier molecular flexibility index (Phi) is 8.74. The second kappa shape index (κ2) is 8.57. The Morgan fingerprint density at radius 3 is 1.64 bits per heavy atom. The fourth-order valence-electron chi connectivity index (χ4n) is 0.476. The predicted octanol–water partition coefficient (Wildman–Crippen LogP) is -2.48. The average molecular weight is 246 g/mol. The van der Waals surface area contributed by atoms with E-state index >= 15 is 0 Å². The zero-order chi connectivity index (χ0) is 11.0. The number of hydrogen-bond acceptors (Lipinski definition) is 7. The van der Waals surface area contributed by atoms with Crippen molar-refractivity contribution in [3.63, 3.8) is 0 Å². The molecule has 0 aliphatic heterocycles. The first kappa shape index (κ1) is 14.3. The van der Waals surface area contributed by atoms with Crippen LogP contribution >= 0.6 is 0 Å². The summed E-state index contributed by atoms with van der Waals surface area (Å²) in [6.07, 6.45) is -2.17. The molecule has 4 N–H and O–H groups in total. The van der Waals surface area contributed by atoms with Gasteiger partial charge in [0.1, 0.15) is 0 Å². The molecule has 0 heterocycles. The molecule has 2 unspecified atom stereocenters. The van der Waals surface area contributed by atoms with Crippen molar-refractivity contribution in [3.8, 4) is 0 Å². The molecule has 84 valence electrons. The van der Waals surface area contributed by atoms with Gasteiger partial charge >= 0.3 is 87.6 Å². The first-order valence-corrected chi connectivity index (χ1v) is 5.88. The second-order valence-corrected chi connectivity index (χ2v) is 4.23. The van der Waals surface area contributed by atoms with Gasteiger partial charge in [0, 0.05) is 0 Å². The Morgan fingerprint density at radius 2 is 1.36 bits per heavy atom. The van der Waals surface area contributed by atoms with Gasteiger partial charge in [-0.25, -0.2) is 0 Å². The average Bonchev–Trinajstić information content (AvgIpc) is 2.22. The Bertz CT molecular complexity index is 148. The Hall–Kier alpha value is 0.274. The molecule has 0 aliphatic rings. The number of hydrogen-bond donors (Lipinski definition) is 4. The molecular weight excluding hydrogens is 232 g/mol. The molecule has 0 aromatic carbocycles. The van der Waals surface area contributed by atoms with Crippen LogP contribution in [-0.2, 0) is 28.6 Å². The third kappa shape index (κ3) is 7.66. The minimum atomic E-state index is -3.39. The molecule has 0 saturated heterocycles. The van der Waals surface area contributed by atoms with E-state index < -0.39 is 44.0 Å². The van der Waals surface area contributed by atoms with Crippen LogP contribution in [0.2, 0.25) is 0 Å². The molecule has 0 spiro atoms. The maximum atomic E-state index is 10.9. The summed E-state index contributed by atoms with van der Waals surface area (Å²) in [4.78, 5) is 0. The van der Waals surface area contributed by atoms with Gasteiger partial charge in [-0.2, -0.15) is 0 Å². The molecule has 0 rings (SSSR count). The number of aliphatic hydroxyl groups excluding tert-OH is 4. The maximum absolute atomic E-state index is 10.9. The van der Waals surface area contributed by atoms with Gasteiger partial charge in [-0.15, -0.1) is 0 Å². The van der Waals surface area contributed by atoms with Crippen molar-refractivity contribution >= 4 is 0 Å². The molecule has 2 atom stereocenters. The van der Waals surface area contributed by atoms with Gasteiger partial charge in [0.2, 0.25) is 0 Å². The summed E-state index contributed by atoms with van der Waals surface area (Å²) in [7, 11) is 0. The zero-order valence-corrected chi connectivity index (χ0v) is 9.06. The van der Waals surface area contributed by atoms with Gasteiger partial charge in [-0.1, -0.05) is 0 Å². The van der Waals surface area contributed by atoms with E-state index in [1.807, 2.05) is 0 Å². The second-order valence-electron chi connectivity index (χ2n) is 2.54. The van der Waals surface area contributed by atoms with Crippen LogP contribution in [0.4, 0.5) is 0 Å². The topological polar surface area (TPSA) is 116 Å². The summed E-state index contributed by atoms with van der Waals surface area (Å²) in [5.74, 6) is 0. The number of rotatable bonds is 8. The number of aliphatic hydroxyl groups is 4. The van der Waals surface area contributed by atoms with Gasteiger partial charge in [-0.3, -0.25) is 0 Å². The van der Waals surface area contributed by atoms with Crippen LogP contribution in [0.1, 0.15) is 0 Å². The minimum absolute atomic E-state index is 0.273. The van der Waals surface area contributed by atoms with Crippen molar-refractivity contribution in [2.24, 2.45) is 0 Å². The first-order chi connectivity index (χ1) is 6.60. The van der Waals surface area contributed by atoms with Crippen LogP contribution in [-0.4, -0.2) is 59.1 Å². The van der Waals surface area contributed by atoms with Crippen molar-refractivity contribution in [3.05, 3.63) is 0 Å². The summed E-state index contributed by atoms with van der Waals surface area (Å²) in [5.41, 5.74) is 0. The monoisotopic (exact) mass is 246 g/mol. The molecular formula is C6H14O7Ti. The van der Waals surface area contributed by atoms with Crippen molar-refractivity contribution in [2.75, 3.05) is 26.4 Å². The molecule has 0 amide bonds. The predicted molar refractivity (Wildman–Crippen MR) is 38.8 cm³/mol. The van der Waals surface area contributed by atoms with Crippen LogP contribution in [0.3, 0.4) is 0 Å². The Balaban J connectivity index is 3.46. The Labute approximate surface area is 88.0 Å². The fourth-order valence-corrected chi connectivity index (χ4v) is 1.63. The van der Waals surface area contributed by atoms with Crippen molar-refractivity contribution in [2.45, 2.75) is 12.2 Å². The Morgan fingerprint density at radius 1 is 1.00 bits per heavy atom.